The minimum atomic E-state index is -0.428. The van der Waals surface area contributed by atoms with Crippen molar-refractivity contribution in [2.24, 2.45) is 0 Å². The van der Waals surface area contributed by atoms with Crippen LogP contribution in [0.25, 0.3) is 11.3 Å². The molecule has 110 valence electrons. The largest absolute Gasteiger partial charge is 0.396 e. The molecule has 4 N–H and O–H groups in total. The number of amides is 1. The molecule has 2 rings (SSSR count). The zero-order chi connectivity index (χ0) is 15.2. The first-order chi connectivity index (χ1) is 10.1. The molecule has 2 aromatic rings. The number of nitrogens with zero attached hydrogens (tertiary/aromatic N) is 2. The highest BCUT2D eigenvalue weighted by atomic mass is 35.5. The van der Waals surface area contributed by atoms with Crippen LogP contribution in [0.1, 0.15) is 16.9 Å². The SMILES string of the molecule is Nc1ncc(-c2ccccc2Cl)nc1C(=O)NCCCO. The maximum absolute atomic E-state index is 12.0. The number of nitrogen functional groups attached to an aromatic ring is 1. The average molecular weight is 307 g/mol. The molecular formula is C14H15ClN4O2. The van der Waals surface area contributed by atoms with Gasteiger partial charge >= 0.3 is 0 Å². The molecule has 1 aromatic carbocycles. The predicted molar refractivity (Wildman–Crippen MR) is 80.9 cm³/mol. The molecule has 0 fully saturated rings. The van der Waals surface area contributed by atoms with Gasteiger partial charge in [0.1, 0.15) is 0 Å². The Morgan fingerprint density at radius 2 is 2.14 bits per heavy atom. The van der Waals surface area contributed by atoms with Crippen molar-refractivity contribution in [2.45, 2.75) is 6.42 Å². The second-order valence-corrected chi connectivity index (χ2v) is 4.71. The van der Waals surface area contributed by atoms with E-state index in [2.05, 4.69) is 15.3 Å². The van der Waals surface area contributed by atoms with Crippen molar-refractivity contribution in [1.29, 1.82) is 0 Å². The zero-order valence-corrected chi connectivity index (χ0v) is 12.0. The van der Waals surface area contributed by atoms with Crippen LogP contribution in [0.3, 0.4) is 0 Å². The maximum atomic E-state index is 12.0. The lowest BCUT2D eigenvalue weighted by Crippen LogP contribution is -2.27. The number of carbonyl (C=O) groups is 1. The number of nitrogens with two attached hydrogens (primary N) is 1. The van der Waals surface area contributed by atoms with E-state index in [0.29, 0.717) is 29.2 Å². The minimum Gasteiger partial charge on any atom is -0.396 e. The van der Waals surface area contributed by atoms with Crippen molar-refractivity contribution in [3.8, 4) is 11.3 Å². The van der Waals surface area contributed by atoms with E-state index >= 15 is 0 Å². The topological polar surface area (TPSA) is 101 Å². The summed E-state index contributed by atoms with van der Waals surface area (Å²) in [4.78, 5) is 20.2. The van der Waals surface area contributed by atoms with E-state index in [0.717, 1.165) is 0 Å². The van der Waals surface area contributed by atoms with Crippen molar-refractivity contribution in [3.63, 3.8) is 0 Å². The molecule has 0 unspecified atom stereocenters. The molecule has 1 amide bonds. The Morgan fingerprint density at radius 3 is 2.86 bits per heavy atom. The second kappa shape index (κ2) is 7.01. The standard InChI is InChI=1S/C14H15ClN4O2/c15-10-5-2-1-4-9(10)11-8-18-13(16)12(19-11)14(21)17-6-3-7-20/h1-2,4-5,8,20H,3,6-7H2,(H2,16,18)(H,17,21). The first kappa shape index (κ1) is 15.2. The third-order valence-electron chi connectivity index (χ3n) is 2.79. The van der Waals surface area contributed by atoms with Crippen LogP contribution in [0.5, 0.6) is 0 Å². The van der Waals surface area contributed by atoms with E-state index in [9.17, 15) is 4.79 Å². The highest BCUT2D eigenvalue weighted by Crippen LogP contribution is 2.26. The summed E-state index contributed by atoms with van der Waals surface area (Å²) in [6, 6.07) is 7.14. The van der Waals surface area contributed by atoms with E-state index in [1.807, 2.05) is 6.07 Å². The molecule has 21 heavy (non-hydrogen) atoms. The molecule has 1 aromatic heterocycles. The molecule has 0 aliphatic heterocycles. The van der Waals surface area contributed by atoms with Gasteiger partial charge in [-0.3, -0.25) is 4.79 Å². The van der Waals surface area contributed by atoms with E-state index in [4.69, 9.17) is 22.4 Å². The van der Waals surface area contributed by atoms with E-state index in [1.54, 1.807) is 18.2 Å². The van der Waals surface area contributed by atoms with Gasteiger partial charge in [0.2, 0.25) is 0 Å². The molecule has 0 aliphatic carbocycles. The van der Waals surface area contributed by atoms with Gasteiger partial charge in [0.05, 0.1) is 16.9 Å². The fourth-order valence-electron chi connectivity index (χ4n) is 1.73. The highest BCUT2D eigenvalue weighted by molar-refractivity contribution is 6.33. The first-order valence-corrected chi connectivity index (χ1v) is 6.77. The average Bonchev–Trinajstić information content (AvgIpc) is 2.48. The molecular weight excluding hydrogens is 292 g/mol. The second-order valence-electron chi connectivity index (χ2n) is 4.30. The number of hydrogen-bond donors (Lipinski definition) is 3. The van der Waals surface area contributed by atoms with E-state index < -0.39 is 5.91 Å². The number of carbonyl (C=O) groups excluding carboxylic acids is 1. The number of halogens is 1. The summed E-state index contributed by atoms with van der Waals surface area (Å²) in [5.41, 5.74) is 6.89. The summed E-state index contributed by atoms with van der Waals surface area (Å²) in [6.45, 7) is 0.341. The van der Waals surface area contributed by atoms with Gasteiger partial charge in [0.15, 0.2) is 11.5 Å². The summed E-state index contributed by atoms with van der Waals surface area (Å²) in [5.74, 6) is -0.380. The fraction of sp³-hybridized carbons (Fsp3) is 0.214. The van der Waals surface area contributed by atoms with Gasteiger partial charge in [0.25, 0.3) is 5.91 Å². The number of aliphatic hydroxyl groups excluding tert-OH is 1. The molecule has 0 aliphatic rings. The lowest BCUT2D eigenvalue weighted by atomic mass is 10.1. The summed E-state index contributed by atoms with van der Waals surface area (Å²) >= 11 is 6.11. The van der Waals surface area contributed by atoms with Crippen LogP contribution in [-0.2, 0) is 0 Å². The third kappa shape index (κ3) is 3.68. The fourth-order valence-corrected chi connectivity index (χ4v) is 1.96. The number of benzene rings is 1. The third-order valence-corrected chi connectivity index (χ3v) is 3.12. The maximum Gasteiger partial charge on any atom is 0.273 e. The first-order valence-electron chi connectivity index (χ1n) is 6.40. The molecule has 0 bridgehead atoms. The molecule has 0 radical (unpaired) electrons. The van der Waals surface area contributed by atoms with Gasteiger partial charge in [-0.1, -0.05) is 29.8 Å². The minimum absolute atomic E-state index is 0.00109. The monoisotopic (exact) mass is 306 g/mol. The summed E-state index contributed by atoms with van der Waals surface area (Å²) in [7, 11) is 0. The Morgan fingerprint density at radius 1 is 1.38 bits per heavy atom. The van der Waals surface area contributed by atoms with E-state index in [-0.39, 0.29) is 18.1 Å². The molecule has 7 heteroatoms. The van der Waals surface area contributed by atoms with Crippen LogP contribution in [0.15, 0.2) is 30.5 Å². The van der Waals surface area contributed by atoms with Crippen LogP contribution >= 0.6 is 11.6 Å². The normalized spacial score (nSPS) is 10.4. The number of aliphatic hydroxyl groups is 1. The summed E-state index contributed by atoms with van der Waals surface area (Å²) in [5, 5.41) is 11.8. The van der Waals surface area contributed by atoms with Crippen molar-refractivity contribution in [1.82, 2.24) is 15.3 Å². The van der Waals surface area contributed by atoms with Crippen LogP contribution < -0.4 is 11.1 Å². The molecule has 6 nitrogen and oxygen atoms in total. The molecule has 0 saturated carbocycles. The molecule has 0 atom stereocenters. The van der Waals surface area contributed by atoms with Crippen molar-refractivity contribution < 1.29 is 9.90 Å². The number of anilines is 1. The van der Waals surface area contributed by atoms with Crippen LogP contribution in [0, 0.1) is 0 Å². The zero-order valence-electron chi connectivity index (χ0n) is 11.2. The lowest BCUT2D eigenvalue weighted by molar-refractivity contribution is 0.0947. The van der Waals surface area contributed by atoms with Crippen LogP contribution in [-0.4, -0.2) is 34.1 Å². The van der Waals surface area contributed by atoms with Crippen molar-refractivity contribution in [2.75, 3.05) is 18.9 Å². The van der Waals surface area contributed by atoms with Gasteiger partial charge in [-0.2, -0.15) is 0 Å². The van der Waals surface area contributed by atoms with Gasteiger partial charge in [0, 0.05) is 18.7 Å². The Kier molecular flexibility index (Phi) is 5.08. The van der Waals surface area contributed by atoms with Crippen LogP contribution in [0.2, 0.25) is 5.02 Å². The Balaban J connectivity index is 2.29. The summed E-state index contributed by atoms with van der Waals surface area (Å²) < 4.78 is 0. The Bertz CT molecular complexity index is 649. The number of aromatic nitrogens is 2. The van der Waals surface area contributed by atoms with E-state index in [1.165, 1.54) is 6.20 Å². The van der Waals surface area contributed by atoms with Gasteiger partial charge < -0.3 is 16.2 Å². The Labute approximate surface area is 127 Å². The molecule has 0 saturated heterocycles. The van der Waals surface area contributed by atoms with Gasteiger partial charge in [-0.15, -0.1) is 0 Å². The van der Waals surface area contributed by atoms with Gasteiger partial charge in [-0.25, -0.2) is 9.97 Å². The van der Waals surface area contributed by atoms with Gasteiger partial charge in [-0.05, 0) is 12.5 Å². The molecule has 0 spiro atoms. The highest BCUT2D eigenvalue weighted by Gasteiger charge is 2.15. The number of hydrogen-bond acceptors (Lipinski definition) is 5. The smallest absolute Gasteiger partial charge is 0.273 e. The number of nitrogens with one attached hydrogen (secondary N) is 1. The van der Waals surface area contributed by atoms with Crippen LogP contribution in [0.4, 0.5) is 5.82 Å². The van der Waals surface area contributed by atoms with Crippen molar-refractivity contribution >= 4 is 23.3 Å². The summed E-state index contributed by atoms with van der Waals surface area (Å²) in [6.07, 6.45) is 1.93. The predicted octanol–water partition coefficient (Wildman–Crippen LogP) is 1.49. The lowest BCUT2D eigenvalue weighted by Gasteiger charge is -2.08. The quantitative estimate of drug-likeness (QED) is 0.727. The van der Waals surface area contributed by atoms with Crippen molar-refractivity contribution in [3.05, 3.63) is 41.2 Å². The Hall–Kier alpha value is -2.18. The molecule has 1 heterocycles. The number of rotatable bonds is 5.